The molecule has 2 aromatic rings. The van der Waals surface area contributed by atoms with Crippen LogP contribution in [0.1, 0.15) is 31.1 Å². The van der Waals surface area contributed by atoms with Gasteiger partial charge in [-0.1, -0.05) is 13.8 Å². The minimum atomic E-state index is 0.368. The zero-order valence-corrected chi connectivity index (χ0v) is 9.90. The van der Waals surface area contributed by atoms with Crippen molar-refractivity contribution in [2.45, 2.75) is 26.3 Å². The molecule has 0 bridgehead atoms. The molecule has 0 amide bonds. The van der Waals surface area contributed by atoms with E-state index in [9.17, 15) is 0 Å². The molecular weight excluding hydrogens is 202 g/mol. The van der Waals surface area contributed by atoms with Crippen molar-refractivity contribution in [3.05, 3.63) is 29.7 Å². The summed E-state index contributed by atoms with van der Waals surface area (Å²) in [6.07, 6.45) is 1.76. The van der Waals surface area contributed by atoms with Gasteiger partial charge in [-0.05, 0) is 12.1 Å². The van der Waals surface area contributed by atoms with Crippen molar-refractivity contribution in [1.29, 1.82) is 0 Å². The fraction of sp³-hybridized carbons (Fsp3) is 0.417. The zero-order valence-electron chi connectivity index (χ0n) is 9.90. The van der Waals surface area contributed by atoms with E-state index in [-0.39, 0.29) is 0 Å². The number of rotatable bonds is 3. The molecule has 86 valence electrons. The molecule has 16 heavy (non-hydrogen) atoms. The molecule has 0 aliphatic rings. The van der Waals surface area contributed by atoms with E-state index < -0.39 is 0 Å². The van der Waals surface area contributed by atoms with Crippen molar-refractivity contribution in [3.63, 3.8) is 0 Å². The van der Waals surface area contributed by atoms with E-state index in [0.29, 0.717) is 12.5 Å². The maximum atomic E-state index is 5.85. The van der Waals surface area contributed by atoms with Crippen molar-refractivity contribution in [2.75, 3.05) is 0 Å². The van der Waals surface area contributed by atoms with Gasteiger partial charge in [0.1, 0.15) is 11.5 Å². The van der Waals surface area contributed by atoms with Crippen LogP contribution in [0.4, 0.5) is 0 Å². The summed E-state index contributed by atoms with van der Waals surface area (Å²) in [5, 5.41) is 4.14. The van der Waals surface area contributed by atoms with Gasteiger partial charge in [0.15, 0.2) is 5.76 Å². The molecule has 2 aromatic heterocycles. The fourth-order valence-electron chi connectivity index (χ4n) is 1.70. The smallest absolute Gasteiger partial charge is 0.156 e. The Labute approximate surface area is 95.1 Å². The lowest BCUT2D eigenvalue weighted by molar-refractivity contribution is 0.493. The lowest BCUT2D eigenvalue weighted by Gasteiger charge is -2.01. The Bertz CT molecular complexity index is 482. The maximum Gasteiger partial charge on any atom is 0.156 e. The number of aryl methyl sites for hydroxylation is 1. The minimum absolute atomic E-state index is 0.368. The third kappa shape index (κ3) is 1.76. The van der Waals surface area contributed by atoms with Gasteiger partial charge in [-0.3, -0.25) is 4.68 Å². The van der Waals surface area contributed by atoms with Crippen LogP contribution in [-0.2, 0) is 13.6 Å². The van der Waals surface area contributed by atoms with Gasteiger partial charge in [-0.15, -0.1) is 0 Å². The second-order valence-electron chi connectivity index (χ2n) is 4.20. The molecular formula is C12H17N3O. The van der Waals surface area contributed by atoms with Crippen LogP contribution in [-0.4, -0.2) is 9.78 Å². The number of hydrogen-bond acceptors (Lipinski definition) is 3. The summed E-state index contributed by atoms with van der Waals surface area (Å²) < 4.78 is 7.65. The van der Waals surface area contributed by atoms with Crippen LogP contribution in [0.3, 0.4) is 0 Å². The molecule has 0 radical (unpaired) electrons. The summed E-state index contributed by atoms with van der Waals surface area (Å²) in [4.78, 5) is 0. The van der Waals surface area contributed by atoms with Crippen molar-refractivity contribution in [1.82, 2.24) is 9.78 Å². The highest BCUT2D eigenvalue weighted by Gasteiger charge is 2.16. The van der Waals surface area contributed by atoms with Crippen molar-refractivity contribution < 1.29 is 4.42 Å². The van der Waals surface area contributed by atoms with E-state index in [1.807, 2.05) is 19.2 Å². The van der Waals surface area contributed by atoms with Crippen LogP contribution in [0.5, 0.6) is 0 Å². The molecule has 0 aromatic carbocycles. The van der Waals surface area contributed by atoms with E-state index in [2.05, 4.69) is 18.9 Å². The number of nitrogens with zero attached hydrogens (tertiary/aromatic N) is 2. The SMILES string of the molecule is CC(C)c1cc(CN)c(-c2ccnn2C)o1. The summed E-state index contributed by atoms with van der Waals surface area (Å²) in [6.45, 7) is 4.69. The molecule has 0 saturated heterocycles. The minimum Gasteiger partial charge on any atom is -0.459 e. The molecule has 0 spiro atoms. The molecule has 0 fully saturated rings. The average molecular weight is 219 g/mol. The van der Waals surface area contributed by atoms with Crippen molar-refractivity contribution in [3.8, 4) is 11.5 Å². The van der Waals surface area contributed by atoms with Crippen LogP contribution >= 0.6 is 0 Å². The van der Waals surface area contributed by atoms with E-state index >= 15 is 0 Å². The molecule has 2 N–H and O–H groups in total. The number of hydrogen-bond donors (Lipinski definition) is 1. The Morgan fingerprint density at radius 2 is 2.25 bits per heavy atom. The topological polar surface area (TPSA) is 57.0 Å². The van der Waals surface area contributed by atoms with Crippen LogP contribution in [0.25, 0.3) is 11.5 Å². The molecule has 4 heteroatoms. The van der Waals surface area contributed by atoms with Gasteiger partial charge in [0.2, 0.25) is 0 Å². The third-order valence-corrected chi connectivity index (χ3v) is 2.67. The summed E-state index contributed by atoms with van der Waals surface area (Å²) in [5.41, 5.74) is 7.73. The molecule has 0 aliphatic carbocycles. The Morgan fingerprint density at radius 1 is 1.50 bits per heavy atom. The van der Waals surface area contributed by atoms with Gasteiger partial charge in [-0.2, -0.15) is 5.10 Å². The first-order chi connectivity index (χ1) is 7.63. The monoisotopic (exact) mass is 219 g/mol. The molecule has 0 aliphatic heterocycles. The average Bonchev–Trinajstić information content (AvgIpc) is 2.82. The molecule has 4 nitrogen and oxygen atoms in total. The van der Waals surface area contributed by atoms with Gasteiger partial charge >= 0.3 is 0 Å². The highest BCUT2D eigenvalue weighted by molar-refractivity contribution is 5.57. The summed E-state index contributed by atoms with van der Waals surface area (Å²) in [6, 6.07) is 3.97. The highest BCUT2D eigenvalue weighted by Crippen LogP contribution is 2.29. The largest absolute Gasteiger partial charge is 0.459 e. The Kier molecular flexibility index (Phi) is 2.83. The van der Waals surface area contributed by atoms with Crippen LogP contribution < -0.4 is 5.73 Å². The van der Waals surface area contributed by atoms with Crippen LogP contribution in [0.2, 0.25) is 0 Å². The summed E-state index contributed by atoms with van der Waals surface area (Å²) in [5.74, 6) is 2.18. The van der Waals surface area contributed by atoms with Gasteiger partial charge in [0.25, 0.3) is 0 Å². The van der Waals surface area contributed by atoms with E-state index in [0.717, 1.165) is 22.8 Å². The molecule has 0 unspecified atom stereocenters. The Hall–Kier alpha value is -1.55. The predicted molar refractivity (Wildman–Crippen MR) is 62.9 cm³/mol. The molecule has 2 rings (SSSR count). The predicted octanol–water partition coefficient (Wildman–Crippen LogP) is 2.26. The van der Waals surface area contributed by atoms with E-state index in [1.165, 1.54) is 0 Å². The van der Waals surface area contributed by atoms with Crippen LogP contribution in [0, 0.1) is 0 Å². The second-order valence-corrected chi connectivity index (χ2v) is 4.20. The summed E-state index contributed by atoms with van der Waals surface area (Å²) >= 11 is 0. The van der Waals surface area contributed by atoms with E-state index in [4.69, 9.17) is 10.2 Å². The summed E-state index contributed by atoms with van der Waals surface area (Å²) in [7, 11) is 1.90. The van der Waals surface area contributed by atoms with Gasteiger partial charge in [0.05, 0.1) is 0 Å². The van der Waals surface area contributed by atoms with Crippen LogP contribution in [0.15, 0.2) is 22.7 Å². The quantitative estimate of drug-likeness (QED) is 0.861. The Morgan fingerprint density at radius 3 is 2.75 bits per heavy atom. The third-order valence-electron chi connectivity index (χ3n) is 2.67. The maximum absolute atomic E-state index is 5.85. The molecule has 2 heterocycles. The van der Waals surface area contributed by atoms with Crippen molar-refractivity contribution >= 4 is 0 Å². The van der Waals surface area contributed by atoms with Gasteiger partial charge < -0.3 is 10.2 Å². The highest BCUT2D eigenvalue weighted by atomic mass is 16.3. The normalized spacial score (nSPS) is 11.3. The lowest BCUT2D eigenvalue weighted by atomic mass is 10.1. The standard InChI is InChI=1S/C12H17N3O/c1-8(2)11-6-9(7-13)12(16-11)10-4-5-14-15(10)3/h4-6,8H,7,13H2,1-3H3. The first-order valence-electron chi connectivity index (χ1n) is 5.44. The fourth-order valence-corrected chi connectivity index (χ4v) is 1.70. The van der Waals surface area contributed by atoms with Gasteiger partial charge in [0, 0.05) is 31.3 Å². The first kappa shape index (κ1) is 11.0. The van der Waals surface area contributed by atoms with Gasteiger partial charge in [-0.25, -0.2) is 0 Å². The molecule has 0 atom stereocenters. The Balaban J connectivity index is 2.52. The number of furan rings is 1. The number of nitrogens with two attached hydrogens (primary N) is 1. The second kappa shape index (κ2) is 4.14. The lowest BCUT2D eigenvalue weighted by Crippen LogP contribution is -1.99. The zero-order chi connectivity index (χ0) is 11.7. The van der Waals surface area contributed by atoms with E-state index in [1.54, 1.807) is 10.9 Å². The molecule has 0 saturated carbocycles. The van der Waals surface area contributed by atoms with Crippen molar-refractivity contribution in [2.24, 2.45) is 12.8 Å². The first-order valence-corrected chi connectivity index (χ1v) is 5.44. The number of aromatic nitrogens is 2.